The van der Waals surface area contributed by atoms with Gasteiger partial charge in [0.2, 0.25) is 5.91 Å². The number of piperidine rings is 1. The van der Waals surface area contributed by atoms with Crippen LogP contribution in [-0.4, -0.2) is 59.3 Å². The molecule has 1 aliphatic rings. The molecule has 7 nitrogen and oxygen atoms in total. The second kappa shape index (κ2) is 10.9. The summed E-state index contributed by atoms with van der Waals surface area (Å²) in [4.78, 5) is 27.0. The Kier molecular flexibility index (Phi) is 8.02. The van der Waals surface area contributed by atoms with Gasteiger partial charge >= 0.3 is 0 Å². The van der Waals surface area contributed by atoms with E-state index in [-0.39, 0.29) is 11.8 Å². The zero-order valence-corrected chi connectivity index (χ0v) is 18.0. The van der Waals surface area contributed by atoms with Crippen molar-refractivity contribution in [2.24, 2.45) is 5.92 Å². The summed E-state index contributed by atoms with van der Waals surface area (Å²) >= 11 is 0. The van der Waals surface area contributed by atoms with E-state index in [0.717, 1.165) is 30.6 Å². The summed E-state index contributed by atoms with van der Waals surface area (Å²) < 4.78 is 7.03. The molecule has 1 fully saturated rings. The summed E-state index contributed by atoms with van der Waals surface area (Å²) in [7, 11) is 0. The summed E-state index contributed by atoms with van der Waals surface area (Å²) in [6.07, 6.45) is 4.88. The van der Waals surface area contributed by atoms with Crippen molar-refractivity contribution in [2.45, 2.75) is 39.5 Å². The van der Waals surface area contributed by atoms with Gasteiger partial charge in [-0.2, -0.15) is 5.10 Å². The summed E-state index contributed by atoms with van der Waals surface area (Å²) in [5, 5.41) is 7.47. The third-order valence-corrected chi connectivity index (χ3v) is 5.52. The first-order valence-corrected chi connectivity index (χ1v) is 10.8. The van der Waals surface area contributed by atoms with Gasteiger partial charge in [-0.1, -0.05) is 18.2 Å². The Hall–Kier alpha value is -2.67. The molecular formula is C23H32N4O3. The van der Waals surface area contributed by atoms with Gasteiger partial charge in [-0.15, -0.1) is 0 Å². The Labute approximate surface area is 178 Å². The number of hydrogen-bond acceptors (Lipinski definition) is 4. The molecule has 162 valence electrons. The van der Waals surface area contributed by atoms with Crippen LogP contribution < -0.4 is 5.32 Å². The number of benzene rings is 1. The molecule has 0 radical (unpaired) electrons. The highest BCUT2D eigenvalue weighted by molar-refractivity contribution is 5.95. The lowest BCUT2D eigenvalue weighted by Gasteiger charge is -2.31. The highest BCUT2D eigenvalue weighted by Gasteiger charge is 2.27. The van der Waals surface area contributed by atoms with Crippen LogP contribution in [0.2, 0.25) is 0 Å². The van der Waals surface area contributed by atoms with E-state index in [4.69, 9.17) is 4.74 Å². The number of ether oxygens (including phenoxy) is 1. The van der Waals surface area contributed by atoms with E-state index in [1.807, 2.05) is 55.3 Å². The lowest BCUT2D eigenvalue weighted by Crippen LogP contribution is -2.40. The summed E-state index contributed by atoms with van der Waals surface area (Å²) in [5.74, 6) is 0.443. The summed E-state index contributed by atoms with van der Waals surface area (Å²) in [5.41, 5.74) is 2.31. The Bertz CT molecular complexity index is 826. The fraction of sp³-hybridized carbons (Fsp3) is 0.522. The number of para-hydroxylation sites is 1. The minimum Gasteiger partial charge on any atom is -0.382 e. The van der Waals surface area contributed by atoms with Crippen molar-refractivity contribution in [3.8, 4) is 5.69 Å². The standard InChI is InChI=1S/C23H32N4O3/c1-3-30-15-7-12-24-22(28)16-19-10-13-26(14-11-19)23(29)21-17-27(25-18(21)2)20-8-5-4-6-9-20/h4-6,8-9,17,19H,3,7,10-16H2,1-2H3,(H,24,28). The lowest BCUT2D eigenvalue weighted by molar-refractivity contribution is -0.122. The van der Waals surface area contributed by atoms with E-state index in [9.17, 15) is 9.59 Å². The molecule has 0 atom stereocenters. The molecular weight excluding hydrogens is 380 g/mol. The second-order valence-corrected chi connectivity index (χ2v) is 7.75. The topological polar surface area (TPSA) is 76.5 Å². The highest BCUT2D eigenvalue weighted by atomic mass is 16.5. The van der Waals surface area contributed by atoms with Gasteiger partial charge in [0.1, 0.15) is 0 Å². The zero-order chi connectivity index (χ0) is 21.3. The highest BCUT2D eigenvalue weighted by Crippen LogP contribution is 2.23. The van der Waals surface area contributed by atoms with Gasteiger partial charge in [-0.05, 0) is 51.2 Å². The number of nitrogens with zero attached hydrogens (tertiary/aromatic N) is 3. The molecule has 0 aliphatic carbocycles. The van der Waals surface area contributed by atoms with Gasteiger partial charge in [0.25, 0.3) is 5.91 Å². The fourth-order valence-corrected chi connectivity index (χ4v) is 3.77. The van der Waals surface area contributed by atoms with Crippen LogP contribution in [0.4, 0.5) is 0 Å². The van der Waals surface area contributed by atoms with Gasteiger partial charge < -0.3 is 15.0 Å². The first-order valence-electron chi connectivity index (χ1n) is 10.8. The number of amides is 2. The zero-order valence-electron chi connectivity index (χ0n) is 18.0. The van der Waals surface area contributed by atoms with Gasteiger partial charge in [-0.25, -0.2) is 4.68 Å². The van der Waals surface area contributed by atoms with Crippen LogP contribution in [0.25, 0.3) is 5.69 Å². The Morgan fingerprint density at radius 3 is 2.63 bits per heavy atom. The van der Waals surface area contributed by atoms with Crippen molar-refractivity contribution in [1.82, 2.24) is 20.0 Å². The first kappa shape index (κ1) is 22.0. The number of hydrogen-bond donors (Lipinski definition) is 1. The second-order valence-electron chi connectivity index (χ2n) is 7.75. The van der Waals surface area contributed by atoms with Gasteiger partial charge in [0, 0.05) is 45.5 Å². The van der Waals surface area contributed by atoms with Crippen molar-refractivity contribution in [3.05, 3.63) is 47.8 Å². The quantitative estimate of drug-likeness (QED) is 0.643. The average molecular weight is 413 g/mol. The van der Waals surface area contributed by atoms with Crippen molar-refractivity contribution in [2.75, 3.05) is 32.8 Å². The molecule has 1 N–H and O–H groups in total. The fourth-order valence-electron chi connectivity index (χ4n) is 3.77. The van der Waals surface area contributed by atoms with Crippen LogP contribution in [0.3, 0.4) is 0 Å². The Morgan fingerprint density at radius 2 is 1.93 bits per heavy atom. The molecule has 1 aromatic heterocycles. The van der Waals surface area contributed by atoms with Crippen molar-refractivity contribution in [3.63, 3.8) is 0 Å². The predicted molar refractivity (Wildman–Crippen MR) is 116 cm³/mol. The third-order valence-electron chi connectivity index (χ3n) is 5.52. The Balaban J connectivity index is 1.46. The third kappa shape index (κ3) is 5.92. The number of aromatic nitrogens is 2. The number of rotatable bonds is 9. The van der Waals surface area contributed by atoms with Crippen LogP contribution in [0, 0.1) is 12.8 Å². The van der Waals surface area contributed by atoms with Gasteiger partial charge in [0.05, 0.1) is 16.9 Å². The van der Waals surface area contributed by atoms with Gasteiger partial charge in [-0.3, -0.25) is 9.59 Å². The minimum atomic E-state index is 0.0218. The maximum atomic E-state index is 13.0. The van der Waals surface area contributed by atoms with Crippen molar-refractivity contribution < 1.29 is 14.3 Å². The minimum absolute atomic E-state index is 0.0218. The molecule has 3 rings (SSSR count). The maximum Gasteiger partial charge on any atom is 0.257 e. The number of likely N-dealkylation sites (tertiary alicyclic amines) is 1. The van der Waals surface area contributed by atoms with E-state index >= 15 is 0 Å². The molecule has 1 saturated heterocycles. The monoisotopic (exact) mass is 412 g/mol. The smallest absolute Gasteiger partial charge is 0.257 e. The number of carbonyl (C=O) groups excluding carboxylic acids is 2. The number of nitrogens with one attached hydrogen (secondary N) is 1. The van der Waals surface area contributed by atoms with Crippen LogP contribution >= 0.6 is 0 Å². The molecule has 1 aromatic carbocycles. The van der Waals surface area contributed by atoms with Crippen molar-refractivity contribution in [1.29, 1.82) is 0 Å². The molecule has 2 aromatic rings. The van der Waals surface area contributed by atoms with E-state index in [2.05, 4.69) is 10.4 Å². The number of carbonyl (C=O) groups is 2. The Morgan fingerprint density at radius 1 is 1.20 bits per heavy atom. The molecule has 0 unspecified atom stereocenters. The van der Waals surface area contributed by atoms with Crippen molar-refractivity contribution >= 4 is 11.8 Å². The first-order chi connectivity index (χ1) is 14.6. The average Bonchev–Trinajstić information content (AvgIpc) is 3.16. The largest absolute Gasteiger partial charge is 0.382 e. The van der Waals surface area contributed by atoms with Gasteiger partial charge in [0.15, 0.2) is 0 Å². The SMILES string of the molecule is CCOCCCNC(=O)CC1CCN(C(=O)c2cn(-c3ccccc3)nc2C)CC1. The van der Waals surface area contributed by atoms with E-state index in [1.54, 1.807) is 4.68 Å². The molecule has 7 heteroatoms. The van der Waals surface area contributed by atoms with Crippen LogP contribution in [-0.2, 0) is 9.53 Å². The van der Waals surface area contributed by atoms with Crippen LogP contribution in [0.15, 0.2) is 36.5 Å². The van der Waals surface area contributed by atoms with Crippen LogP contribution in [0.5, 0.6) is 0 Å². The summed E-state index contributed by atoms with van der Waals surface area (Å²) in [6, 6.07) is 9.79. The predicted octanol–water partition coefficient (Wildman–Crippen LogP) is 2.97. The molecule has 0 bridgehead atoms. The van der Waals surface area contributed by atoms with E-state index in [1.165, 1.54) is 0 Å². The molecule has 0 spiro atoms. The normalized spacial score (nSPS) is 14.7. The molecule has 30 heavy (non-hydrogen) atoms. The van der Waals surface area contributed by atoms with E-state index < -0.39 is 0 Å². The van der Waals surface area contributed by atoms with Crippen LogP contribution in [0.1, 0.15) is 48.7 Å². The molecule has 0 saturated carbocycles. The molecule has 2 heterocycles. The maximum absolute atomic E-state index is 13.0. The molecule has 1 aliphatic heterocycles. The molecule has 2 amide bonds. The van der Waals surface area contributed by atoms with E-state index in [0.29, 0.717) is 50.8 Å². The summed E-state index contributed by atoms with van der Waals surface area (Å²) in [6.45, 7) is 7.23. The number of aryl methyl sites for hydroxylation is 1. The lowest BCUT2D eigenvalue weighted by atomic mass is 9.93.